The van der Waals surface area contributed by atoms with E-state index in [0.29, 0.717) is 6.61 Å². The Morgan fingerprint density at radius 1 is 1.33 bits per heavy atom. The lowest BCUT2D eigenvalue weighted by Gasteiger charge is -2.35. The summed E-state index contributed by atoms with van der Waals surface area (Å²) in [5, 5.41) is 0. The van der Waals surface area contributed by atoms with E-state index < -0.39 is 5.54 Å². The summed E-state index contributed by atoms with van der Waals surface area (Å²) in [6, 6.07) is 0. The van der Waals surface area contributed by atoms with E-state index in [1.54, 1.807) is 0 Å². The van der Waals surface area contributed by atoms with E-state index in [1.165, 1.54) is 6.42 Å². The van der Waals surface area contributed by atoms with Gasteiger partial charge in [0.25, 0.3) is 0 Å². The zero-order chi connectivity index (χ0) is 13.8. The van der Waals surface area contributed by atoms with Gasteiger partial charge < -0.3 is 10.5 Å². The van der Waals surface area contributed by atoms with Crippen LogP contribution in [0.25, 0.3) is 0 Å². The summed E-state index contributed by atoms with van der Waals surface area (Å²) < 4.78 is 5.37. The van der Waals surface area contributed by atoms with Crippen molar-refractivity contribution in [3.63, 3.8) is 0 Å². The molecule has 3 nitrogen and oxygen atoms in total. The van der Waals surface area contributed by atoms with E-state index in [2.05, 4.69) is 27.7 Å². The van der Waals surface area contributed by atoms with E-state index in [-0.39, 0.29) is 11.4 Å². The Morgan fingerprint density at radius 2 is 1.89 bits per heavy atom. The molecule has 1 aliphatic rings. The molecule has 0 heterocycles. The Morgan fingerprint density at radius 3 is 2.33 bits per heavy atom. The second-order valence-electron chi connectivity index (χ2n) is 6.95. The third-order valence-corrected chi connectivity index (χ3v) is 4.07. The van der Waals surface area contributed by atoms with Gasteiger partial charge >= 0.3 is 5.97 Å². The van der Waals surface area contributed by atoms with Crippen molar-refractivity contribution in [2.45, 2.75) is 71.8 Å². The molecule has 2 N–H and O–H groups in total. The fourth-order valence-electron chi connectivity index (χ4n) is 2.40. The zero-order valence-electron chi connectivity index (χ0n) is 12.4. The minimum atomic E-state index is -0.719. The fourth-order valence-corrected chi connectivity index (χ4v) is 2.40. The maximum absolute atomic E-state index is 12.1. The number of hydrogen-bond donors (Lipinski definition) is 1. The molecule has 0 unspecified atom stereocenters. The SMILES string of the molecule is CCC1CCC(N)(C(=O)OCCC(C)(C)C)CC1. The van der Waals surface area contributed by atoms with Gasteiger partial charge in [-0.05, 0) is 43.4 Å². The van der Waals surface area contributed by atoms with Gasteiger partial charge in [0.05, 0.1) is 6.61 Å². The highest BCUT2D eigenvalue weighted by atomic mass is 16.5. The minimum Gasteiger partial charge on any atom is -0.464 e. The highest BCUT2D eigenvalue weighted by Crippen LogP contribution is 2.33. The highest BCUT2D eigenvalue weighted by molar-refractivity contribution is 5.80. The lowest BCUT2D eigenvalue weighted by molar-refractivity contribution is -0.152. The second-order valence-corrected chi connectivity index (χ2v) is 6.95. The van der Waals surface area contributed by atoms with Crippen LogP contribution in [-0.2, 0) is 9.53 Å². The van der Waals surface area contributed by atoms with Gasteiger partial charge in [-0.1, -0.05) is 34.1 Å². The van der Waals surface area contributed by atoms with Gasteiger partial charge in [-0.15, -0.1) is 0 Å². The van der Waals surface area contributed by atoms with Crippen molar-refractivity contribution >= 4 is 5.97 Å². The first kappa shape index (κ1) is 15.5. The van der Waals surface area contributed by atoms with E-state index in [1.807, 2.05) is 0 Å². The maximum Gasteiger partial charge on any atom is 0.326 e. The Hall–Kier alpha value is -0.570. The van der Waals surface area contributed by atoms with Crippen LogP contribution in [-0.4, -0.2) is 18.1 Å². The summed E-state index contributed by atoms with van der Waals surface area (Å²) >= 11 is 0. The molecule has 0 aromatic carbocycles. The van der Waals surface area contributed by atoms with Crippen molar-refractivity contribution in [2.24, 2.45) is 17.1 Å². The molecule has 3 heteroatoms. The Bertz CT molecular complexity index is 273. The van der Waals surface area contributed by atoms with Crippen LogP contribution in [0.4, 0.5) is 0 Å². The van der Waals surface area contributed by atoms with E-state index in [0.717, 1.165) is 38.0 Å². The molecular formula is C15H29NO2. The van der Waals surface area contributed by atoms with E-state index in [9.17, 15) is 4.79 Å². The van der Waals surface area contributed by atoms with Crippen LogP contribution >= 0.6 is 0 Å². The van der Waals surface area contributed by atoms with Crippen molar-refractivity contribution in [2.75, 3.05) is 6.61 Å². The van der Waals surface area contributed by atoms with Crippen molar-refractivity contribution in [1.82, 2.24) is 0 Å². The molecular weight excluding hydrogens is 226 g/mol. The molecule has 0 spiro atoms. The van der Waals surface area contributed by atoms with Gasteiger partial charge in [0.15, 0.2) is 0 Å². The van der Waals surface area contributed by atoms with Gasteiger partial charge in [0, 0.05) is 0 Å². The van der Waals surface area contributed by atoms with Crippen LogP contribution in [0, 0.1) is 11.3 Å². The summed E-state index contributed by atoms with van der Waals surface area (Å²) in [5.74, 6) is 0.547. The minimum absolute atomic E-state index is 0.193. The quantitative estimate of drug-likeness (QED) is 0.784. The smallest absolute Gasteiger partial charge is 0.326 e. The molecule has 0 saturated heterocycles. The lowest BCUT2D eigenvalue weighted by Crippen LogP contribution is -2.51. The number of ether oxygens (including phenoxy) is 1. The van der Waals surface area contributed by atoms with Crippen LogP contribution in [0.5, 0.6) is 0 Å². The molecule has 106 valence electrons. The van der Waals surface area contributed by atoms with Crippen LogP contribution in [0.2, 0.25) is 0 Å². The molecule has 18 heavy (non-hydrogen) atoms. The second kappa shape index (κ2) is 6.05. The van der Waals surface area contributed by atoms with Crippen molar-refractivity contribution < 1.29 is 9.53 Å². The summed E-state index contributed by atoms with van der Waals surface area (Å²) in [7, 11) is 0. The predicted molar refractivity (Wildman–Crippen MR) is 74.2 cm³/mol. The van der Waals surface area contributed by atoms with Crippen LogP contribution < -0.4 is 5.73 Å². The van der Waals surface area contributed by atoms with Crippen LogP contribution in [0.1, 0.15) is 66.2 Å². The lowest BCUT2D eigenvalue weighted by atomic mass is 9.76. The first-order chi connectivity index (χ1) is 8.27. The Labute approximate surface area is 111 Å². The monoisotopic (exact) mass is 255 g/mol. The van der Waals surface area contributed by atoms with Gasteiger partial charge in [0.2, 0.25) is 0 Å². The number of carbonyl (C=O) groups is 1. The van der Waals surface area contributed by atoms with E-state index >= 15 is 0 Å². The number of nitrogens with two attached hydrogens (primary N) is 1. The molecule has 0 atom stereocenters. The standard InChI is InChI=1S/C15H29NO2/c1-5-12-6-8-15(16,9-7-12)13(17)18-11-10-14(2,3)4/h12H,5-11,16H2,1-4H3. The topological polar surface area (TPSA) is 52.3 Å². The van der Waals surface area contributed by atoms with E-state index in [4.69, 9.17) is 10.5 Å². The molecule has 1 fully saturated rings. The van der Waals surface area contributed by atoms with Gasteiger partial charge in [0.1, 0.15) is 5.54 Å². The van der Waals surface area contributed by atoms with Crippen molar-refractivity contribution in [1.29, 1.82) is 0 Å². The molecule has 1 saturated carbocycles. The molecule has 1 aliphatic carbocycles. The third-order valence-electron chi connectivity index (χ3n) is 4.07. The zero-order valence-corrected chi connectivity index (χ0v) is 12.4. The number of hydrogen-bond acceptors (Lipinski definition) is 3. The van der Waals surface area contributed by atoms with Crippen molar-refractivity contribution in [3.8, 4) is 0 Å². The molecule has 1 rings (SSSR count). The van der Waals surface area contributed by atoms with Crippen molar-refractivity contribution in [3.05, 3.63) is 0 Å². The summed E-state index contributed by atoms with van der Waals surface area (Å²) in [4.78, 5) is 12.1. The summed E-state index contributed by atoms with van der Waals surface area (Å²) in [6.07, 6.45) is 5.74. The number of carbonyl (C=O) groups excluding carboxylic acids is 1. The largest absolute Gasteiger partial charge is 0.464 e. The van der Waals surface area contributed by atoms with Crippen LogP contribution in [0.3, 0.4) is 0 Å². The first-order valence-corrected chi connectivity index (χ1v) is 7.23. The Kier molecular flexibility index (Phi) is 5.20. The first-order valence-electron chi connectivity index (χ1n) is 7.23. The van der Waals surface area contributed by atoms with Gasteiger partial charge in [-0.2, -0.15) is 0 Å². The molecule has 0 aliphatic heterocycles. The molecule has 0 bridgehead atoms. The Balaban J connectivity index is 2.37. The molecule has 0 radical (unpaired) electrons. The molecule has 0 amide bonds. The summed E-state index contributed by atoms with van der Waals surface area (Å²) in [5.41, 5.74) is 5.67. The molecule has 0 aromatic rings. The normalized spacial score (nSPS) is 29.1. The van der Waals surface area contributed by atoms with Crippen LogP contribution in [0.15, 0.2) is 0 Å². The third kappa shape index (κ3) is 4.60. The van der Waals surface area contributed by atoms with Gasteiger partial charge in [-0.25, -0.2) is 0 Å². The number of esters is 1. The average molecular weight is 255 g/mol. The summed E-state index contributed by atoms with van der Waals surface area (Å²) in [6.45, 7) is 9.12. The highest BCUT2D eigenvalue weighted by Gasteiger charge is 2.39. The maximum atomic E-state index is 12.1. The predicted octanol–water partition coefficient (Wildman–Crippen LogP) is 3.26. The molecule has 0 aromatic heterocycles. The fraction of sp³-hybridized carbons (Fsp3) is 0.933. The average Bonchev–Trinajstić information content (AvgIpc) is 2.28. The van der Waals surface area contributed by atoms with Gasteiger partial charge in [-0.3, -0.25) is 4.79 Å². The number of rotatable bonds is 4.